The Morgan fingerprint density at radius 1 is 1.23 bits per heavy atom. The predicted octanol–water partition coefficient (Wildman–Crippen LogP) is 5.16. The summed E-state index contributed by atoms with van der Waals surface area (Å²) in [6.45, 7) is 6.28. The van der Waals surface area contributed by atoms with Crippen molar-refractivity contribution in [3.8, 4) is 5.75 Å². The molecule has 0 bridgehead atoms. The number of rotatable bonds is 6. The number of ether oxygens (including phenoxy) is 1. The Labute approximate surface area is 190 Å². The van der Waals surface area contributed by atoms with Crippen molar-refractivity contribution in [3.05, 3.63) is 62.6 Å². The molecule has 0 aliphatic carbocycles. The number of fused-ring (bicyclic) bond motifs is 1. The van der Waals surface area contributed by atoms with Gasteiger partial charge in [0.15, 0.2) is 0 Å². The molecule has 1 atom stereocenters. The van der Waals surface area contributed by atoms with E-state index in [-0.39, 0.29) is 11.5 Å². The molecule has 0 N–H and O–H groups in total. The second kappa shape index (κ2) is 9.22. The van der Waals surface area contributed by atoms with Crippen LogP contribution < -0.4 is 15.2 Å². The third-order valence-corrected chi connectivity index (χ3v) is 6.38. The van der Waals surface area contributed by atoms with E-state index >= 15 is 0 Å². The van der Waals surface area contributed by atoms with Gasteiger partial charge in [-0.2, -0.15) is 9.78 Å². The minimum Gasteiger partial charge on any atom is -0.496 e. The number of nitrogens with zero attached hydrogens (tertiary/aromatic N) is 4. The van der Waals surface area contributed by atoms with Crippen molar-refractivity contribution in [1.82, 2.24) is 9.66 Å². The molecule has 2 heterocycles. The van der Waals surface area contributed by atoms with E-state index in [1.807, 2.05) is 24.3 Å². The number of aromatic nitrogens is 2. The summed E-state index contributed by atoms with van der Waals surface area (Å²) in [6, 6.07) is 11.7. The monoisotopic (exact) mass is 482 g/mol. The third kappa shape index (κ3) is 4.37. The van der Waals surface area contributed by atoms with E-state index in [4.69, 9.17) is 9.72 Å². The fourth-order valence-corrected chi connectivity index (χ4v) is 4.24. The minimum absolute atomic E-state index is 0.0948. The molecule has 7 heteroatoms. The maximum absolute atomic E-state index is 13.3. The Morgan fingerprint density at radius 3 is 2.71 bits per heavy atom. The molecule has 3 aromatic rings. The van der Waals surface area contributed by atoms with Gasteiger partial charge in [-0.05, 0) is 49.6 Å². The van der Waals surface area contributed by atoms with Gasteiger partial charge in [0.1, 0.15) is 11.6 Å². The number of hydrogen-bond donors (Lipinski definition) is 0. The zero-order valence-corrected chi connectivity index (χ0v) is 19.7. The standard InChI is InChI=1S/C24H27BrN4O2/c1-4-16(2)23-27-21-10-8-18(25)13-20(21)24(30)29(23)26-15-17-7-9-19(14-22(17)31-3)28-11-5-6-12-28/h7-10,13-16H,4-6,11-12H2,1-3H3/t16-/m0/s1. The molecular weight excluding hydrogens is 456 g/mol. The average molecular weight is 483 g/mol. The highest BCUT2D eigenvalue weighted by Crippen LogP contribution is 2.27. The van der Waals surface area contributed by atoms with Gasteiger partial charge in [-0.3, -0.25) is 4.79 Å². The molecule has 1 aromatic heterocycles. The number of hydrogen-bond acceptors (Lipinski definition) is 5. The lowest BCUT2D eigenvalue weighted by molar-refractivity contribution is 0.414. The van der Waals surface area contributed by atoms with Crippen LogP contribution in [-0.2, 0) is 0 Å². The topological polar surface area (TPSA) is 59.7 Å². The van der Waals surface area contributed by atoms with Crippen molar-refractivity contribution in [2.24, 2.45) is 5.10 Å². The highest BCUT2D eigenvalue weighted by Gasteiger charge is 2.17. The Hall–Kier alpha value is -2.67. The molecule has 1 aliphatic rings. The molecule has 0 spiro atoms. The first kappa shape index (κ1) is 21.6. The van der Waals surface area contributed by atoms with Crippen LogP contribution in [0.15, 0.2) is 50.8 Å². The van der Waals surface area contributed by atoms with Gasteiger partial charge in [0.05, 0.1) is 24.2 Å². The van der Waals surface area contributed by atoms with Gasteiger partial charge < -0.3 is 9.64 Å². The van der Waals surface area contributed by atoms with Crippen LogP contribution in [0.2, 0.25) is 0 Å². The van der Waals surface area contributed by atoms with Gasteiger partial charge in [0, 0.05) is 40.8 Å². The van der Waals surface area contributed by atoms with Crippen LogP contribution in [0.1, 0.15) is 50.4 Å². The molecule has 4 rings (SSSR count). The molecule has 162 valence electrons. The Bertz CT molecular complexity index is 1180. The van der Waals surface area contributed by atoms with Crippen LogP contribution in [0.4, 0.5) is 5.69 Å². The second-order valence-electron chi connectivity index (χ2n) is 7.92. The molecule has 0 amide bonds. The van der Waals surface area contributed by atoms with Crippen molar-refractivity contribution in [2.75, 3.05) is 25.1 Å². The van der Waals surface area contributed by atoms with Gasteiger partial charge in [-0.1, -0.05) is 29.8 Å². The molecular formula is C24H27BrN4O2. The molecule has 31 heavy (non-hydrogen) atoms. The highest BCUT2D eigenvalue weighted by atomic mass is 79.9. The van der Waals surface area contributed by atoms with Crippen molar-refractivity contribution < 1.29 is 4.74 Å². The summed E-state index contributed by atoms with van der Waals surface area (Å²) >= 11 is 3.45. The Balaban J connectivity index is 1.78. The van der Waals surface area contributed by atoms with Gasteiger partial charge in [0.25, 0.3) is 5.56 Å². The molecule has 0 radical (unpaired) electrons. The molecule has 6 nitrogen and oxygen atoms in total. The second-order valence-corrected chi connectivity index (χ2v) is 8.84. The summed E-state index contributed by atoms with van der Waals surface area (Å²) in [5.74, 6) is 1.49. The van der Waals surface area contributed by atoms with E-state index in [2.05, 4.69) is 45.8 Å². The summed E-state index contributed by atoms with van der Waals surface area (Å²) in [4.78, 5) is 20.4. The predicted molar refractivity (Wildman–Crippen MR) is 130 cm³/mol. The lowest BCUT2D eigenvalue weighted by Crippen LogP contribution is -2.23. The lowest BCUT2D eigenvalue weighted by Gasteiger charge is -2.19. The van der Waals surface area contributed by atoms with E-state index in [9.17, 15) is 4.79 Å². The van der Waals surface area contributed by atoms with E-state index < -0.39 is 0 Å². The van der Waals surface area contributed by atoms with Gasteiger partial charge in [-0.25, -0.2) is 4.98 Å². The summed E-state index contributed by atoms with van der Waals surface area (Å²) in [6.07, 6.45) is 4.99. The molecule has 1 saturated heterocycles. The van der Waals surface area contributed by atoms with Gasteiger partial charge in [-0.15, -0.1) is 0 Å². The first-order valence-electron chi connectivity index (χ1n) is 10.7. The first-order valence-corrected chi connectivity index (χ1v) is 11.5. The number of methoxy groups -OCH3 is 1. The maximum atomic E-state index is 13.3. The van der Waals surface area contributed by atoms with E-state index in [0.29, 0.717) is 16.7 Å². The number of halogens is 1. The fourth-order valence-electron chi connectivity index (χ4n) is 3.88. The summed E-state index contributed by atoms with van der Waals surface area (Å²) in [5, 5.41) is 5.11. The van der Waals surface area contributed by atoms with Crippen LogP contribution in [-0.4, -0.2) is 36.1 Å². The third-order valence-electron chi connectivity index (χ3n) is 5.89. The summed E-state index contributed by atoms with van der Waals surface area (Å²) in [5.41, 5.74) is 2.48. The van der Waals surface area contributed by atoms with Crippen molar-refractivity contribution in [3.63, 3.8) is 0 Å². The lowest BCUT2D eigenvalue weighted by atomic mass is 10.1. The van der Waals surface area contributed by atoms with Crippen molar-refractivity contribution >= 4 is 38.7 Å². The van der Waals surface area contributed by atoms with Crippen molar-refractivity contribution in [2.45, 2.75) is 39.0 Å². The molecule has 2 aromatic carbocycles. The SMILES string of the molecule is CC[C@H](C)c1nc2ccc(Br)cc2c(=O)n1N=Cc1ccc(N2CCCC2)cc1OC. The van der Waals surface area contributed by atoms with Crippen molar-refractivity contribution in [1.29, 1.82) is 0 Å². The fraction of sp³-hybridized carbons (Fsp3) is 0.375. The first-order chi connectivity index (χ1) is 15.0. The number of benzene rings is 2. The maximum Gasteiger partial charge on any atom is 0.282 e. The zero-order chi connectivity index (χ0) is 22.0. The van der Waals surface area contributed by atoms with Gasteiger partial charge in [0.2, 0.25) is 0 Å². The summed E-state index contributed by atoms with van der Waals surface area (Å²) in [7, 11) is 1.66. The molecule has 0 unspecified atom stereocenters. The average Bonchev–Trinajstić information content (AvgIpc) is 3.33. The minimum atomic E-state index is -0.175. The van der Waals surface area contributed by atoms with Crippen LogP contribution >= 0.6 is 15.9 Å². The van der Waals surface area contributed by atoms with Crippen LogP contribution in [0.3, 0.4) is 0 Å². The summed E-state index contributed by atoms with van der Waals surface area (Å²) < 4.78 is 7.89. The van der Waals surface area contributed by atoms with Crippen LogP contribution in [0, 0.1) is 0 Å². The van der Waals surface area contributed by atoms with E-state index in [1.165, 1.54) is 17.5 Å². The van der Waals surface area contributed by atoms with Crippen LogP contribution in [0.25, 0.3) is 10.9 Å². The highest BCUT2D eigenvalue weighted by molar-refractivity contribution is 9.10. The van der Waals surface area contributed by atoms with E-state index in [1.54, 1.807) is 19.4 Å². The largest absolute Gasteiger partial charge is 0.496 e. The normalized spacial score (nSPS) is 15.2. The van der Waals surface area contributed by atoms with E-state index in [0.717, 1.165) is 41.0 Å². The molecule has 1 fully saturated rings. The Morgan fingerprint density at radius 2 is 2.00 bits per heavy atom. The smallest absolute Gasteiger partial charge is 0.282 e. The molecule has 0 saturated carbocycles. The number of anilines is 1. The van der Waals surface area contributed by atoms with Crippen LogP contribution in [0.5, 0.6) is 5.75 Å². The van der Waals surface area contributed by atoms with Gasteiger partial charge >= 0.3 is 0 Å². The molecule has 1 aliphatic heterocycles. The Kier molecular flexibility index (Phi) is 6.41. The quantitative estimate of drug-likeness (QED) is 0.455. The zero-order valence-electron chi connectivity index (χ0n) is 18.1.